The number of para-hydroxylation sites is 1. The number of anilines is 3. The van der Waals surface area contributed by atoms with Gasteiger partial charge in [-0.25, -0.2) is 0 Å². The molecule has 0 radical (unpaired) electrons. The van der Waals surface area contributed by atoms with Crippen molar-refractivity contribution in [2.45, 2.75) is 38.5 Å². The van der Waals surface area contributed by atoms with Crippen LogP contribution in [0, 0.1) is 0 Å². The lowest BCUT2D eigenvalue weighted by Gasteiger charge is -2.32. The van der Waals surface area contributed by atoms with E-state index >= 15 is 0 Å². The molecule has 0 spiro atoms. The predicted octanol–water partition coefficient (Wildman–Crippen LogP) is 15.0. The van der Waals surface area contributed by atoms with Gasteiger partial charge in [0.05, 0.1) is 5.69 Å². The molecule has 1 aromatic heterocycles. The molecule has 0 fully saturated rings. The number of rotatable bonds is 5. The first-order valence-corrected chi connectivity index (χ1v) is 19.7. The van der Waals surface area contributed by atoms with Gasteiger partial charge in [-0.15, -0.1) is 0 Å². The van der Waals surface area contributed by atoms with E-state index in [2.05, 4.69) is 196 Å². The molecular formula is C54H41NO. The minimum atomic E-state index is -0.173. The smallest absolute Gasteiger partial charge is 0.136 e. The van der Waals surface area contributed by atoms with Crippen LogP contribution in [0.3, 0.4) is 0 Å². The van der Waals surface area contributed by atoms with Crippen LogP contribution >= 0.6 is 0 Å². The molecule has 0 aliphatic heterocycles. The lowest BCUT2D eigenvalue weighted by Crippen LogP contribution is -2.20. The molecule has 0 bridgehead atoms. The minimum Gasteiger partial charge on any atom is -0.456 e. The molecule has 8 aromatic carbocycles. The normalized spacial score (nSPS) is 14.4. The van der Waals surface area contributed by atoms with E-state index in [1.807, 2.05) is 12.1 Å². The summed E-state index contributed by atoms with van der Waals surface area (Å²) in [6, 6.07) is 64.5. The molecule has 2 aliphatic rings. The zero-order valence-corrected chi connectivity index (χ0v) is 32.1. The van der Waals surface area contributed by atoms with E-state index in [1.54, 1.807) is 0 Å². The summed E-state index contributed by atoms with van der Waals surface area (Å²) in [5, 5.41) is 2.30. The lowest BCUT2D eigenvalue weighted by molar-refractivity contribution is 0.660. The largest absolute Gasteiger partial charge is 0.456 e. The summed E-state index contributed by atoms with van der Waals surface area (Å²) in [4.78, 5) is 2.45. The van der Waals surface area contributed by atoms with E-state index < -0.39 is 0 Å². The first-order chi connectivity index (χ1) is 27.3. The number of hydrogen-bond donors (Lipinski definition) is 0. The van der Waals surface area contributed by atoms with Crippen LogP contribution in [-0.4, -0.2) is 0 Å². The van der Waals surface area contributed by atoms with E-state index in [0.29, 0.717) is 0 Å². The monoisotopic (exact) mass is 719 g/mol. The minimum absolute atomic E-state index is 0.00737. The average Bonchev–Trinajstić information content (AvgIpc) is 3.82. The van der Waals surface area contributed by atoms with Crippen LogP contribution in [0.1, 0.15) is 49.9 Å². The van der Waals surface area contributed by atoms with Gasteiger partial charge in [0, 0.05) is 33.0 Å². The second-order valence-electron chi connectivity index (χ2n) is 16.5. The molecule has 9 aromatic rings. The first kappa shape index (κ1) is 32.8. The molecule has 0 unspecified atom stereocenters. The Balaban J connectivity index is 1.04. The molecule has 56 heavy (non-hydrogen) atoms. The summed E-state index contributed by atoms with van der Waals surface area (Å²) in [6.45, 7) is 9.42. The number of nitrogens with zero attached hydrogens (tertiary/aromatic N) is 1. The molecule has 11 rings (SSSR count). The quantitative estimate of drug-likeness (QED) is 0.176. The molecule has 0 amide bonds. The highest BCUT2D eigenvalue weighted by molar-refractivity contribution is 6.12. The number of furan rings is 1. The van der Waals surface area contributed by atoms with Gasteiger partial charge in [-0.3, -0.25) is 0 Å². The Kier molecular flexibility index (Phi) is 6.98. The molecule has 0 saturated heterocycles. The fourth-order valence-corrected chi connectivity index (χ4v) is 9.94. The second kappa shape index (κ2) is 11.9. The Morgan fingerprint density at radius 1 is 0.393 bits per heavy atom. The highest BCUT2D eigenvalue weighted by atomic mass is 16.3. The van der Waals surface area contributed by atoms with E-state index in [4.69, 9.17) is 4.42 Å². The Bertz CT molecular complexity index is 3010. The molecular weight excluding hydrogens is 679 g/mol. The fourth-order valence-electron chi connectivity index (χ4n) is 9.94. The van der Waals surface area contributed by atoms with Gasteiger partial charge in [0.2, 0.25) is 0 Å². The predicted molar refractivity (Wildman–Crippen MR) is 234 cm³/mol. The Hall–Kier alpha value is -6.64. The molecule has 2 heteroatoms. The molecule has 2 aliphatic carbocycles. The van der Waals surface area contributed by atoms with Crippen molar-refractivity contribution in [3.8, 4) is 44.5 Å². The van der Waals surface area contributed by atoms with Crippen molar-refractivity contribution in [1.29, 1.82) is 0 Å². The molecule has 0 atom stereocenters. The molecule has 1 heterocycles. The molecule has 2 nitrogen and oxygen atoms in total. The summed E-state index contributed by atoms with van der Waals surface area (Å²) in [5.74, 6) is 0. The fraction of sp³-hybridized carbons (Fsp3) is 0.111. The van der Waals surface area contributed by atoms with Gasteiger partial charge in [-0.2, -0.15) is 0 Å². The van der Waals surface area contributed by atoms with Crippen LogP contribution in [0.5, 0.6) is 0 Å². The van der Waals surface area contributed by atoms with Crippen molar-refractivity contribution >= 4 is 39.0 Å². The maximum atomic E-state index is 6.26. The van der Waals surface area contributed by atoms with Crippen molar-refractivity contribution in [1.82, 2.24) is 0 Å². The van der Waals surface area contributed by atoms with Crippen LogP contribution in [0.25, 0.3) is 66.4 Å². The van der Waals surface area contributed by atoms with E-state index in [1.165, 1.54) is 66.9 Å². The summed E-state index contributed by atoms with van der Waals surface area (Å²) < 4.78 is 6.26. The van der Waals surface area contributed by atoms with Gasteiger partial charge in [0.1, 0.15) is 11.2 Å². The van der Waals surface area contributed by atoms with Gasteiger partial charge in [-0.05, 0) is 115 Å². The van der Waals surface area contributed by atoms with Crippen molar-refractivity contribution < 1.29 is 4.42 Å². The topological polar surface area (TPSA) is 16.4 Å². The van der Waals surface area contributed by atoms with Gasteiger partial charge < -0.3 is 9.32 Å². The average molecular weight is 720 g/mol. The third kappa shape index (κ3) is 4.69. The van der Waals surface area contributed by atoms with Gasteiger partial charge in [0.25, 0.3) is 0 Å². The third-order valence-corrected chi connectivity index (χ3v) is 12.7. The highest BCUT2D eigenvalue weighted by Gasteiger charge is 2.39. The summed E-state index contributed by atoms with van der Waals surface area (Å²) in [7, 11) is 0. The van der Waals surface area contributed by atoms with Crippen LogP contribution in [0.4, 0.5) is 17.1 Å². The maximum Gasteiger partial charge on any atom is 0.136 e. The number of fused-ring (bicyclic) bond motifs is 9. The van der Waals surface area contributed by atoms with Crippen LogP contribution in [0.15, 0.2) is 180 Å². The Labute approximate surface area is 328 Å². The second-order valence-corrected chi connectivity index (χ2v) is 16.5. The zero-order chi connectivity index (χ0) is 37.8. The van der Waals surface area contributed by atoms with Crippen molar-refractivity contribution in [3.63, 3.8) is 0 Å². The van der Waals surface area contributed by atoms with Gasteiger partial charge in [0.15, 0.2) is 0 Å². The number of hydrogen-bond acceptors (Lipinski definition) is 2. The van der Waals surface area contributed by atoms with E-state index in [-0.39, 0.29) is 10.8 Å². The summed E-state index contributed by atoms with van der Waals surface area (Å²) in [6.07, 6.45) is 0. The summed E-state index contributed by atoms with van der Waals surface area (Å²) >= 11 is 0. The SMILES string of the molecule is CC1(C)c2ccccc2-c2cc(-c3ccc(N(c4ccc(-c5cccc6oc7ccccc7c56)cc4)c4cccc5c4C(C)(C)c4ccccc4-5)cc3)ccc21. The zero-order valence-electron chi connectivity index (χ0n) is 32.1. The van der Waals surface area contributed by atoms with Crippen molar-refractivity contribution in [2.24, 2.45) is 0 Å². The van der Waals surface area contributed by atoms with Gasteiger partial charge in [-0.1, -0.05) is 155 Å². The molecule has 0 saturated carbocycles. The van der Waals surface area contributed by atoms with Gasteiger partial charge >= 0.3 is 0 Å². The van der Waals surface area contributed by atoms with Crippen LogP contribution < -0.4 is 4.90 Å². The Morgan fingerprint density at radius 3 is 1.68 bits per heavy atom. The maximum absolute atomic E-state index is 6.26. The van der Waals surface area contributed by atoms with Crippen LogP contribution in [-0.2, 0) is 10.8 Å². The van der Waals surface area contributed by atoms with Crippen LogP contribution in [0.2, 0.25) is 0 Å². The lowest BCUT2D eigenvalue weighted by atomic mass is 9.81. The highest BCUT2D eigenvalue weighted by Crippen LogP contribution is 2.55. The number of benzene rings is 8. The van der Waals surface area contributed by atoms with E-state index in [0.717, 1.165) is 38.9 Å². The standard InChI is InChI=1S/C54H41NO/c1-53(2)45-18-8-6-14-41(45)44-33-36(27-32-47(44)53)34-23-28-37(29-24-34)55(48-20-11-17-42-40-13-5-9-19-46(40)54(3,4)52(42)48)38-30-25-35(26-31-38)39-16-12-22-50-51(39)43-15-7-10-21-49(43)56-50/h5-33H,1-4H3. The van der Waals surface area contributed by atoms with Crippen molar-refractivity contribution in [3.05, 3.63) is 198 Å². The van der Waals surface area contributed by atoms with Crippen molar-refractivity contribution in [2.75, 3.05) is 4.90 Å². The first-order valence-electron chi connectivity index (χ1n) is 19.7. The molecule has 268 valence electrons. The molecule has 0 N–H and O–H groups in total. The van der Waals surface area contributed by atoms with E-state index in [9.17, 15) is 0 Å². The Morgan fingerprint density at radius 2 is 0.929 bits per heavy atom. The summed E-state index contributed by atoms with van der Waals surface area (Å²) in [5.41, 5.74) is 20.7. The third-order valence-electron chi connectivity index (χ3n) is 12.7.